The van der Waals surface area contributed by atoms with Crippen LogP contribution in [0.2, 0.25) is 0 Å². The zero-order valence-electron chi connectivity index (χ0n) is 17.6. The van der Waals surface area contributed by atoms with Crippen LogP contribution in [-0.2, 0) is 19.4 Å². The highest BCUT2D eigenvalue weighted by atomic mass is 32.1. The third-order valence-corrected chi connectivity index (χ3v) is 7.39. The second-order valence-corrected chi connectivity index (χ2v) is 9.72. The number of aromatic nitrogens is 1. The van der Waals surface area contributed by atoms with E-state index in [4.69, 9.17) is 0 Å². The van der Waals surface area contributed by atoms with E-state index in [0.717, 1.165) is 41.6 Å². The Labute approximate surface area is 184 Å². The number of carbonyl (C=O) groups is 1. The van der Waals surface area contributed by atoms with E-state index in [1.807, 2.05) is 32.2 Å². The van der Waals surface area contributed by atoms with Gasteiger partial charge in [-0.2, -0.15) is 0 Å². The number of hydrogen-bond donors (Lipinski definition) is 1. The van der Waals surface area contributed by atoms with Gasteiger partial charge in [-0.3, -0.25) is 0 Å². The molecule has 0 saturated carbocycles. The summed E-state index contributed by atoms with van der Waals surface area (Å²) in [4.78, 5) is 16.5. The summed E-state index contributed by atoms with van der Waals surface area (Å²) in [7, 11) is 0. The first-order chi connectivity index (χ1) is 14.9. The minimum atomic E-state index is -0.645. The normalized spacial score (nSPS) is 17.7. The molecule has 1 aliphatic carbocycles. The molecule has 1 aliphatic heterocycles. The third-order valence-electron chi connectivity index (χ3n) is 6.05. The first-order valence-electron chi connectivity index (χ1n) is 10.8. The maximum Gasteiger partial charge on any atom is 0.318 e. The van der Waals surface area contributed by atoms with Crippen LogP contribution < -0.4 is 5.32 Å². The maximum absolute atomic E-state index is 14.2. The Morgan fingerprint density at radius 2 is 1.87 bits per heavy atom. The van der Waals surface area contributed by atoms with Gasteiger partial charge in [0, 0.05) is 28.7 Å². The Hall–Kier alpha value is -2.67. The molecule has 0 saturated heterocycles. The van der Waals surface area contributed by atoms with Gasteiger partial charge in [-0.15, -0.1) is 11.3 Å². The molecule has 1 N–H and O–H groups in total. The molecule has 0 spiro atoms. The number of carbonyl (C=O) groups excluding carboxylic acids is 1. The maximum atomic E-state index is 14.2. The summed E-state index contributed by atoms with van der Waals surface area (Å²) in [5.74, 6) is -1.29. The molecule has 7 heteroatoms. The number of aryl methyl sites for hydroxylation is 1. The van der Waals surface area contributed by atoms with E-state index in [2.05, 4.69) is 9.88 Å². The Bertz CT molecular complexity index is 1130. The van der Waals surface area contributed by atoms with Crippen molar-refractivity contribution in [3.63, 3.8) is 0 Å². The number of halogens is 2. The molecule has 0 bridgehead atoms. The van der Waals surface area contributed by atoms with Crippen molar-refractivity contribution < 1.29 is 13.6 Å². The van der Waals surface area contributed by atoms with Crippen LogP contribution in [0.3, 0.4) is 0 Å². The number of urea groups is 1. The van der Waals surface area contributed by atoms with Crippen LogP contribution in [0, 0.1) is 11.6 Å². The lowest BCUT2D eigenvalue weighted by molar-refractivity contribution is 0.177. The van der Waals surface area contributed by atoms with Crippen molar-refractivity contribution in [3.8, 4) is 5.00 Å². The molecular formula is C24H25F2N3OS. The van der Waals surface area contributed by atoms with Gasteiger partial charge in [0.25, 0.3) is 0 Å². The first kappa shape index (κ1) is 20.2. The van der Waals surface area contributed by atoms with Crippen molar-refractivity contribution in [3.05, 3.63) is 75.4 Å². The molecule has 0 fully saturated rings. The van der Waals surface area contributed by atoms with Crippen LogP contribution >= 0.6 is 11.3 Å². The van der Waals surface area contributed by atoms with Gasteiger partial charge < -0.3 is 14.8 Å². The molecule has 31 heavy (non-hydrogen) atoms. The Kier molecular flexibility index (Phi) is 5.08. The fourth-order valence-corrected chi connectivity index (χ4v) is 6.20. The van der Waals surface area contributed by atoms with Crippen LogP contribution in [0.4, 0.5) is 13.6 Å². The zero-order chi connectivity index (χ0) is 21.7. The lowest BCUT2D eigenvalue weighted by Crippen LogP contribution is -2.44. The average Bonchev–Trinajstić information content (AvgIpc) is 3.28. The molecule has 1 unspecified atom stereocenters. The van der Waals surface area contributed by atoms with E-state index in [1.54, 1.807) is 16.2 Å². The van der Waals surface area contributed by atoms with Crippen LogP contribution in [0.5, 0.6) is 0 Å². The van der Waals surface area contributed by atoms with Gasteiger partial charge in [0.15, 0.2) is 0 Å². The molecule has 2 aromatic heterocycles. The second kappa shape index (κ2) is 7.79. The molecule has 3 aromatic rings. The van der Waals surface area contributed by atoms with E-state index in [1.165, 1.54) is 29.0 Å². The van der Waals surface area contributed by atoms with Crippen molar-refractivity contribution in [1.29, 1.82) is 0 Å². The summed E-state index contributed by atoms with van der Waals surface area (Å²) in [6.45, 7) is 4.23. The van der Waals surface area contributed by atoms with E-state index in [-0.39, 0.29) is 12.1 Å². The predicted molar refractivity (Wildman–Crippen MR) is 118 cm³/mol. The Morgan fingerprint density at radius 1 is 1.13 bits per heavy atom. The summed E-state index contributed by atoms with van der Waals surface area (Å²) in [5, 5.41) is 4.11. The first-order valence-corrected chi connectivity index (χ1v) is 11.6. The van der Waals surface area contributed by atoms with Crippen LogP contribution in [0.1, 0.15) is 60.0 Å². The molecule has 2 aliphatic rings. The summed E-state index contributed by atoms with van der Waals surface area (Å²) in [5.41, 5.74) is 3.77. The fraction of sp³-hybridized carbons (Fsp3) is 0.375. The number of nitrogens with zero attached hydrogens (tertiary/aromatic N) is 2. The lowest BCUT2D eigenvalue weighted by Gasteiger charge is -2.32. The molecule has 0 radical (unpaired) electrons. The number of fused-ring (bicyclic) bond motifs is 5. The average molecular weight is 442 g/mol. The summed E-state index contributed by atoms with van der Waals surface area (Å²) < 4.78 is 30.5. The fourth-order valence-electron chi connectivity index (χ4n) is 4.80. The number of amides is 2. The summed E-state index contributed by atoms with van der Waals surface area (Å²) in [6, 6.07) is 6.51. The smallest absolute Gasteiger partial charge is 0.318 e. The van der Waals surface area contributed by atoms with Crippen LogP contribution in [0.15, 0.2) is 36.5 Å². The van der Waals surface area contributed by atoms with Gasteiger partial charge in [0.05, 0.1) is 12.2 Å². The number of rotatable bonds is 2. The predicted octanol–water partition coefficient (Wildman–Crippen LogP) is 5.72. The monoisotopic (exact) mass is 441 g/mol. The number of benzene rings is 1. The van der Waals surface area contributed by atoms with E-state index in [0.29, 0.717) is 12.1 Å². The van der Waals surface area contributed by atoms with Crippen molar-refractivity contribution in [1.82, 2.24) is 14.8 Å². The highest BCUT2D eigenvalue weighted by molar-refractivity contribution is 7.15. The Balaban J connectivity index is 1.72. The molecule has 5 rings (SSSR count). The second-order valence-electron chi connectivity index (χ2n) is 8.64. The lowest BCUT2D eigenvalue weighted by atomic mass is 9.95. The van der Waals surface area contributed by atoms with Gasteiger partial charge in [-0.1, -0.05) is 0 Å². The number of thiophene rings is 1. The third kappa shape index (κ3) is 3.55. The van der Waals surface area contributed by atoms with Gasteiger partial charge in [0.1, 0.15) is 22.7 Å². The largest absolute Gasteiger partial charge is 0.336 e. The molecule has 3 heterocycles. The van der Waals surface area contributed by atoms with Gasteiger partial charge in [-0.25, -0.2) is 13.6 Å². The molecule has 2 amide bonds. The topological polar surface area (TPSA) is 37.3 Å². The Morgan fingerprint density at radius 3 is 2.61 bits per heavy atom. The van der Waals surface area contributed by atoms with Crippen molar-refractivity contribution in [2.45, 2.75) is 58.2 Å². The summed E-state index contributed by atoms with van der Waals surface area (Å²) >= 11 is 1.79. The molecule has 1 atom stereocenters. The van der Waals surface area contributed by atoms with E-state index >= 15 is 0 Å². The van der Waals surface area contributed by atoms with Gasteiger partial charge in [-0.05, 0) is 74.9 Å². The van der Waals surface area contributed by atoms with E-state index < -0.39 is 17.7 Å². The highest BCUT2D eigenvalue weighted by Gasteiger charge is 2.36. The number of hydrogen-bond acceptors (Lipinski definition) is 2. The standard InChI is InChI=1S/C24H25F2N3OS/c1-14(2)27-24(30)29-13-19-18-6-3-4-8-21(18)31-23(19)28-9-5-7-20(28)22(29)15-10-16(25)12-17(26)11-15/h5,7,9-12,14,22H,3-4,6,8,13H2,1-2H3,(H,27,30). The van der Waals surface area contributed by atoms with Gasteiger partial charge in [0.2, 0.25) is 0 Å². The van der Waals surface area contributed by atoms with Crippen LogP contribution in [0.25, 0.3) is 5.00 Å². The molecule has 4 nitrogen and oxygen atoms in total. The minimum Gasteiger partial charge on any atom is -0.336 e. The minimum absolute atomic E-state index is 0.0525. The van der Waals surface area contributed by atoms with E-state index in [9.17, 15) is 13.6 Å². The number of nitrogens with one attached hydrogen (secondary N) is 1. The summed E-state index contributed by atoms with van der Waals surface area (Å²) in [6.07, 6.45) is 6.40. The highest BCUT2D eigenvalue weighted by Crippen LogP contribution is 2.44. The van der Waals surface area contributed by atoms with Crippen molar-refractivity contribution >= 4 is 17.4 Å². The SMILES string of the molecule is CC(C)NC(=O)N1Cc2c(sc3c2CCCC3)-n2cccc2C1c1cc(F)cc(F)c1. The molecule has 1 aromatic carbocycles. The van der Waals surface area contributed by atoms with Gasteiger partial charge >= 0.3 is 6.03 Å². The van der Waals surface area contributed by atoms with Crippen molar-refractivity contribution in [2.75, 3.05) is 0 Å². The molecule has 162 valence electrons. The van der Waals surface area contributed by atoms with Crippen LogP contribution in [-0.4, -0.2) is 21.5 Å². The van der Waals surface area contributed by atoms with Crippen molar-refractivity contribution in [2.24, 2.45) is 0 Å². The molecular weight excluding hydrogens is 416 g/mol. The zero-order valence-corrected chi connectivity index (χ0v) is 18.4. The quantitative estimate of drug-likeness (QED) is 0.543.